The van der Waals surface area contributed by atoms with E-state index in [1.165, 1.54) is 12.1 Å². The maximum absolute atomic E-state index is 12.7. The van der Waals surface area contributed by atoms with Crippen LogP contribution in [-0.4, -0.2) is 68.7 Å². The van der Waals surface area contributed by atoms with Crippen LogP contribution in [0, 0.1) is 6.92 Å². The van der Waals surface area contributed by atoms with Crippen LogP contribution in [0.15, 0.2) is 29.2 Å². The number of ether oxygens (including phenoxy) is 4. The fraction of sp³-hybridized carbons (Fsp3) is 0.526. The van der Waals surface area contributed by atoms with E-state index in [9.17, 15) is 27.9 Å². The molecule has 12 heteroatoms. The standard InChI is InChI=1S/C19H24O11S/c1-10-5-7-14(8-6-10)31(24,25)30-18-17(28-13(4)22)16(27-12(3)21)15(29-19(18)23)9-26-11(2)20/h5-8,15-19,23H,9H2,1-4H3/t15-,16+,17-,18-,19-/m0/s1. The van der Waals surface area contributed by atoms with Crippen LogP contribution in [-0.2, 0) is 47.6 Å². The zero-order valence-electron chi connectivity index (χ0n) is 17.3. The maximum Gasteiger partial charge on any atom is 0.303 e. The van der Waals surface area contributed by atoms with E-state index in [4.69, 9.17) is 23.1 Å². The first kappa shape index (κ1) is 24.7. The van der Waals surface area contributed by atoms with Crippen molar-refractivity contribution in [3.63, 3.8) is 0 Å². The first-order chi connectivity index (χ1) is 14.4. The highest BCUT2D eigenvalue weighted by molar-refractivity contribution is 7.86. The summed E-state index contributed by atoms with van der Waals surface area (Å²) in [6, 6.07) is 5.69. The van der Waals surface area contributed by atoms with Gasteiger partial charge < -0.3 is 24.1 Å². The SMILES string of the molecule is CC(=O)OC[C@@H]1O[C@H](O)[C@@H](OS(=O)(=O)c2ccc(C)cc2)[C@@H](OC(C)=O)[C@@H]1OC(C)=O. The Morgan fingerprint density at radius 2 is 1.48 bits per heavy atom. The van der Waals surface area contributed by atoms with E-state index >= 15 is 0 Å². The number of hydrogen-bond acceptors (Lipinski definition) is 11. The Balaban J connectivity index is 2.39. The Hall–Kier alpha value is -2.54. The van der Waals surface area contributed by atoms with Gasteiger partial charge in [-0.25, -0.2) is 0 Å². The number of esters is 3. The third-order valence-corrected chi connectivity index (χ3v) is 5.54. The number of benzene rings is 1. The number of aliphatic hydroxyl groups excluding tert-OH is 1. The third kappa shape index (κ3) is 6.72. The lowest BCUT2D eigenvalue weighted by Gasteiger charge is -2.42. The lowest BCUT2D eigenvalue weighted by atomic mass is 9.98. The summed E-state index contributed by atoms with van der Waals surface area (Å²) in [4.78, 5) is 34.2. The van der Waals surface area contributed by atoms with Crippen LogP contribution in [0.25, 0.3) is 0 Å². The summed E-state index contributed by atoms with van der Waals surface area (Å²) in [5.41, 5.74) is 0.806. The molecule has 1 aliphatic heterocycles. The molecule has 172 valence electrons. The van der Waals surface area contributed by atoms with E-state index in [-0.39, 0.29) is 4.90 Å². The summed E-state index contributed by atoms with van der Waals surface area (Å²) in [7, 11) is -4.43. The Labute approximate surface area is 179 Å². The average Bonchev–Trinajstić information content (AvgIpc) is 2.65. The fourth-order valence-electron chi connectivity index (χ4n) is 2.90. The van der Waals surface area contributed by atoms with Crippen LogP contribution >= 0.6 is 0 Å². The van der Waals surface area contributed by atoms with Crippen molar-refractivity contribution in [1.82, 2.24) is 0 Å². The van der Waals surface area contributed by atoms with E-state index in [1.54, 1.807) is 19.1 Å². The summed E-state index contributed by atoms with van der Waals surface area (Å²) in [6.07, 6.45) is -7.95. The topological polar surface area (TPSA) is 152 Å². The molecule has 0 saturated carbocycles. The lowest BCUT2D eigenvalue weighted by molar-refractivity contribution is -0.287. The molecule has 0 bridgehead atoms. The highest BCUT2D eigenvalue weighted by atomic mass is 32.2. The van der Waals surface area contributed by atoms with Gasteiger partial charge in [0.25, 0.3) is 10.1 Å². The minimum Gasteiger partial charge on any atom is -0.463 e. The van der Waals surface area contributed by atoms with Crippen LogP contribution in [0.4, 0.5) is 0 Å². The van der Waals surface area contributed by atoms with Gasteiger partial charge in [0.2, 0.25) is 0 Å². The predicted molar refractivity (Wildman–Crippen MR) is 102 cm³/mol. The maximum atomic E-state index is 12.7. The smallest absolute Gasteiger partial charge is 0.303 e. The van der Waals surface area contributed by atoms with Crippen LogP contribution in [0.2, 0.25) is 0 Å². The lowest BCUT2D eigenvalue weighted by Crippen LogP contribution is -2.62. The summed E-state index contributed by atoms with van der Waals surface area (Å²) < 4.78 is 51.0. The largest absolute Gasteiger partial charge is 0.463 e. The van der Waals surface area contributed by atoms with E-state index in [0.29, 0.717) is 0 Å². The monoisotopic (exact) mass is 460 g/mol. The second kappa shape index (κ2) is 10.2. The van der Waals surface area contributed by atoms with Crippen molar-refractivity contribution in [2.24, 2.45) is 0 Å². The zero-order chi connectivity index (χ0) is 23.3. The Morgan fingerprint density at radius 1 is 0.935 bits per heavy atom. The summed E-state index contributed by atoms with van der Waals surface area (Å²) >= 11 is 0. The third-order valence-electron chi connectivity index (χ3n) is 4.21. The molecular formula is C19H24O11S. The van der Waals surface area contributed by atoms with Crippen LogP contribution in [0.1, 0.15) is 26.3 Å². The molecule has 0 spiro atoms. The second-order valence-corrected chi connectivity index (χ2v) is 8.42. The predicted octanol–water partition coefficient (Wildman–Crippen LogP) is 0.213. The number of hydrogen-bond donors (Lipinski definition) is 1. The van der Waals surface area contributed by atoms with Crippen molar-refractivity contribution in [2.45, 2.75) is 63.3 Å². The Bertz CT molecular complexity index is 909. The number of rotatable bonds is 7. The summed E-state index contributed by atoms with van der Waals surface area (Å²) in [5, 5.41) is 10.4. The molecule has 0 amide bonds. The highest BCUT2D eigenvalue weighted by Gasteiger charge is 2.52. The van der Waals surface area contributed by atoms with Crippen molar-refractivity contribution in [2.75, 3.05) is 6.61 Å². The minimum absolute atomic E-state index is 0.210. The number of aliphatic hydroxyl groups is 1. The molecule has 5 atom stereocenters. The van der Waals surface area contributed by atoms with E-state index in [1.807, 2.05) is 0 Å². The van der Waals surface area contributed by atoms with Crippen LogP contribution in [0.5, 0.6) is 0 Å². The summed E-state index contributed by atoms with van der Waals surface area (Å²) in [5.74, 6) is -2.34. The van der Waals surface area contributed by atoms with Crippen molar-refractivity contribution in [3.8, 4) is 0 Å². The van der Waals surface area contributed by atoms with E-state index in [2.05, 4.69) is 0 Å². The van der Waals surface area contributed by atoms with E-state index in [0.717, 1.165) is 26.3 Å². The average molecular weight is 460 g/mol. The zero-order valence-corrected chi connectivity index (χ0v) is 18.2. The van der Waals surface area contributed by atoms with Crippen molar-refractivity contribution in [3.05, 3.63) is 29.8 Å². The molecule has 0 aromatic heterocycles. The molecule has 1 aromatic rings. The highest BCUT2D eigenvalue weighted by Crippen LogP contribution is 2.30. The van der Waals surface area contributed by atoms with Gasteiger partial charge in [0.15, 0.2) is 24.6 Å². The molecule has 0 aliphatic carbocycles. The van der Waals surface area contributed by atoms with Gasteiger partial charge in [0.1, 0.15) is 12.7 Å². The molecule has 0 radical (unpaired) electrons. The summed E-state index contributed by atoms with van der Waals surface area (Å²) in [6.45, 7) is 4.54. The first-order valence-corrected chi connectivity index (χ1v) is 10.6. The molecule has 1 aliphatic rings. The molecule has 1 saturated heterocycles. The van der Waals surface area contributed by atoms with Gasteiger partial charge in [0.05, 0.1) is 4.90 Å². The van der Waals surface area contributed by atoms with Crippen molar-refractivity contribution < 1.29 is 51.0 Å². The minimum atomic E-state index is -4.43. The molecule has 1 heterocycles. The quantitative estimate of drug-likeness (QED) is 0.338. The van der Waals surface area contributed by atoms with Gasteiger partial charge >= 0.3 is 17.9 Å². The molecule has 1 aromatic carbocycles. The van der Waals surface area contributed by atoms with Crippen molar-refractivity contribution in [1.29, 1.82) is 0 Å². The van der Waals surface area contributed by atoms with Gasteiger partial charge in [-0.05, 0) is 19.1 Å². The molecule has 11 nitrogen and oxygen atoms in total. The Morgan fingerprint density at radius 3 is 2.00 bits per heavy atom. The number of aryl methyl sites for hydroxylation is 1. The molecule has 1 N–H and O–H groups in total. The molecule has 2 rings (SSSR count). The van der Waals surface area contributed by atoms with Gasteiger partial charge in [-0.2, -0.15) is 8.42 Å². The molecule has 0 unspecified atom stereocenters. The van der Waals surface area contributed by atoms with Gasteiger partial charge in [-0.15, -0.1) is 0 Å². The normalized spacial score (nSPS) is 26.0. The second-order valence-electron chi connectivity index (χ2n) is 6.84. The van der Waals surface area contributed by atoms with Gasteiger partial charge in [-0.3, -0.25) is 18.6 Å². The first-order valence-electron chi connectivity index (χ1n) is 9.22. The van der Waals surface area contributed by atoms with Gasteiger partial charge in [0, 0.05) is 20.8 Å². The number of carbonyl (C=O) groups is 3. The fourth-order valence-corrected chi connectivity index (χ4v) is 3.98. The Kier molecular flexibility index (Phi) is 8.12. The number of carbonyl (C=O) groups excluding carboxylic acids is 3. The van der Waals surface area contributed by atoms with Crippen molar-refractivity contribution >= 4 is 28.0 Å². The van der Waals surface area contributed by atoms with Gasteiger partial charge in [-0.1, -0.05) is 17.7 Å². The molecule has 31 heavy (non-hydrogen) atoms. The molecular weight excluding hydrogens is 436 g/mol. The van der Waals surface area contributed by atoms with E-state index < -0.39 is 65.3 Å². The molecule has 1 fully saturated rings. The van der Waals surface area contributed by atoms with Crippen LogP contribution in [0.3, 0.4) is 0 Å². The van der Waals surface area contributed by atoms with Crippen LogP contribution < -0.4 is 0 Å².